The Labute approximate surface area is 167 Å². The van der Waals surface area contributed by atoms with Gasteiger partial charge in [0.15, 0.2) is 5.82 Å². The van der Waals surface area contributed by atoms with Gasteiger partial charge in [0.25, 0.3) is 0 Å². The number of aromatic hydroxyl groups is 1. The van der Waals surface area contributed by atoms with E-state index in [2.05, 4.69) is 25.3 Å². The molecule has 2 aliphatic rings. The molecule has 1 saturated carbocycles. The maximum atomic E-state index is 10.2. The van der Waals surface area contributed by atoms with E-state index in [0.717, 1.165) is 34.7 Å². The average molecular weight is 392 g/mol. The number of halogens is 1. The quantitative estimate of drug-likeness (QED) is 0.576. The van der Waals surface area contributed by atoms with E-state index >= 15 is 0 Å². The van der Waals surface area contributed by atoms with Crippen LogP contribution < -0.4 is 5.32 Å². The number of benzene rings is 1. The van der Waals surface area contributed by atoms with Crippen molar-refractivity contribution in [2.75, 3.05) is 11.9 Å². The lowest BCUT2D eigenvalue weighted by Gasteiger charge is -2.06. The lowest BCUT2D eigenvalue weighted by molar-refractivity contribution is 0.455. The van der Waals surface area contributed by atoms with Gasteiger partial charge in [0.2, 0.25) is 11.8 Å². The molecule has 0 unspecified atom stereocenters. The Morgan fingerprint density at radius 2 is 2.11 bits per heavy atom. The van der Waals surface area contributed by atoms with Crippen LogP contribution in [0.4, 0.5) is 11.8 Å². The number of rotatable bonds is 5. The van der Waals surface area contributed by atoms with Crippen LogP contribution in [0.1, 0.15) is 24.1 Å². The van der Waals surface area contributed by atoms with Crippen LogP contribution in [0, 0.1) is 5.92 Å². The summed E-state index contributed by atoms with van der Waals surface area (Å²) < 4.78 is 0. The third-order valence-corrected chi connectivity index (χ3v) is 5.28. The fourth-order valence-electron chi connectivity index (χ4n) is 3.21. The van der Waals surface area contributed by atoms with Crippen LogP contribution in [0.25, 0.3) is 22.8 Å². The van der Waals surface area contributed by atoms with Crippen LogP contribution in [-0.4, -0.2) is 32.8 Å². The van der Waals surface area contributed by atoms with Gasteiger partial charge in [0.05, 0.1) is 0 Å². The third-order valence-electron chi connectivity index (χ3n) is 4.96. The molecule has 7 heteroatoms. The van der Waals surface area contributed by atoms with Crippen molar-refractivity contribution in [1.82, 2.24) is 15.0 Å². The van der Waals surface area contributed by atoms with Crippen molar-refractivity contribution in [3.63, 3.8) is 0 Å². The zero-order valence-corrected chi connectivity index (χ0v) is 15.7. The molecular weight excluding hydrogens is 374 g/mol. The number of aromatic nitrogens is 3. The molecule has 1 fully saturated rings. The topological polar surface area (TPSA) is 86.2 Å². The van der Waals surface area contributed by atoms with Gasteiger partial charge in [-0.2, -0.15) is 4.98 Å². The molecule has 6 nitrogen and oxygen atoms in total. The summed E-state index contributed by atoms with van der Waals surface area (Å²) in [5.41, 5.74) is 4.11. The summed E-state index contributed by atoms with van der Waals surface area (Å²) in [6, 6.07) is 9.68. The second kappa shape index (κ2) is 6.80. The number of anilines is 1. The monoisotopic (exact) mass is 391 g/mol. The summed E-state index contributed by atoms with van der Waals surface area (Å²) in [6.45, 7) is 0.873. The first-order valence-corrected chi connectivity index (χ1v) is 9.59. The Kier molecular flexibility index (Phi) is 4.13. The molecule has 3 aromatic rings. The lowest BCUT2D eigenvalue weighted by Crippen LogP contribution is -2.04. The van der Waals surface area contributed by atoms with Gasteiger partial charge in [0.1, 0.15) is 5.69 Å². The normalized spacial score (nSPS) is 16.5. The highest BCUT2D eigenvalue weighted by Gasteiger charge is 2.22. The van der Waals surface area contributed by atoms with E-state index < -0.39 is 0 Å². The van der Waals surface area contributed by atoms with Crippen LogP contribution in [-0.2, 0) is 0 Å². The molecule has 0 saturated heterocycles. The highest BCUT2D eigenvalue weighted by atomic mass is 35.5. The molecule has 28 heavy (non-hydrogen) atoms. The number of nitrogens with zero attached hydrogens (tertiary/aromatic N) is 3. The SMILES string of the molecule is Oc1nc(NCC2CC2)[nH]c1/C=C1/C=Nc2ncc(-c3ccccc3Cl)cc21. The Morgan fingerprint density at radius 1 is 1.25 bits per heavy atom. The number of aliphatic imine (C=N–C) groups is 1. The number of imidazole rings is 1. The molecule has 0 spiro atoms. The lowest BCUT2D eigenvalue weighted by atomic mass is 10.0. The summed E-state index contributed by atoms with van der Waals surface area (Å²) in [5.74, 6) is 1.91. The maximum absolute atomic E-state index is 10.2. The van der Waals surface area contributed by atoms with E-state index in [-0.39, 0.29) is 5.88 Å². The van der Waals surface area contributed by atoms with Gasteiger partial charge in [-0.1, -0.05) is 29.8 Å². The standard InChI is InChI=1S/C21H18ClN5O/c22-17-4-2-1-3-15(17)13-7-16-14(11-24-19(16)23-10-13)8-18-20(28)27-21(26-18)25-9-12-5-6-12/h1-4,7-8,10-12,28H,5-6,9H2,(H2,25,26,27)/b14-8-. The molecule has 0 radical (unpaired) electrons. The second-order valence-corrected chi connectivity index (χ2v) is 7.49. The van der Waals surface area contributed by atoms with Crippen molar-refractivity contribution in [3.8, 4) is 17.0 Å². The predicted octanol–water partition coefficient (Wildman–Crippen LogP) is 4.91. The largest absolute Gasteiger partial charge is 0.492 e. The first-order valence-electron chi connectivity index (χ1n) is 9.21. The van der Waals surface area contributed by atoms with Gasteiger partial charge >= 0.3 is 0 Å². The van der Waals surface area contributed by atoms with E-state index in [1.165, 1.54) is 12.8 Å². The van der Waals surface area contributed by atoms with E-state index in [9.17, 15) is 5.11 Å². The fraction of sp³-hybridized carbons (Fsp3) is 0.190. The molecule has 2 aromatic heterocycles. The molecule has 3 heterocycles. The summed E-state index contributed by atoms with van der Waals surface area (Å²) in [7, 11) is 0. The number of pyridine rings is 1. The van der Waals surface area contributed by atoms with Gasteiger partial charge in [-0.15, -0.1) is 0 Å². The van der Waals surface area contributed by atoms with Crippen molar-refractivity contribution in [2.45, 2.75) is 12.8 Å². The number of aromatic amines is 1. The number of hydrogen-bond acceptors (Lipinski definition) is 5. The first kappa shape index (κ1) is 17.0. The fourth-order valence-corrected chi connectivity index (χ4v) is 3.46. The minimum Gasteiger partial charge on any atom is -0.492 e. The number of H-pyrrole nitrogens is 1. The van der Waals surface area contributed by atoms with Gasteiger partial charge in [-0.25, -0.2) is 9.98 Å². The average Bonchev–Trinajstić information content (AvgIpc) is 3.36. The van der Waals surface area contributed by atoms with E-state index in [4.69, 9.17) is 11.6 Å². The molecule has 0 amide bonds. The number of allylic oxidation sites excluding steroid dienone is 1. The van der Waals surface area contributed by atoms with Crippen LogP contribution in [0.5, 0.6) is 5.88 Å². The van der Waals surface area contributed by atoms with Crippen LogP contribution in [0.15, 0.2) is 41.5 Å². The molecule has 0 atom stereocenters. The van der Waals surface area contributed by atoms with E-state index in [1.54, 1.807) is 12.4 Å². The zero-order valence-electron chi connectivity index (χ0n) is 15.0. The Balaban J connectivity index is 1.46. The second-order valence-electron chi connectivity index (χ2n) is 7.08. The molecule has 1 aromatic carbocycles. The van der Waals surface area contributed by atoms with Crippen LogP contribution in [0.3, 0.4) is 0 Å². The van der Waals surface area contributed by atoms with Gasteiger partial charge < -0.3 is 15.4 Å². The van der Waals surface area contributed by atoms with E-state index in [0.29, 0.717) is 22.5 Å². The summed E-state index contributed by atoms with van der Waals surface area (Å²) in [4.78, 5) is 16.1. The highest BCUT2D eigenvalue weighted by Crippen LogP contribution is 2.36. The Bertz CT molecular complexity index is 1110. The van der Waals surface area contributed by atoms with Crippen molar-refractivity contribution in [1.29, 1.82) is 0 Å². The summed E-state index contributed by atoms with van der Waals surface area (Å²) in [6.07, 6.45) is 7.85. The number of fused-ring (bicyclic) bond motifs is 1. The Hall–Kier alpha value is -3.12. The van der Waals surface area contributed by atoms with Gasteiger partial charge in [-0.05, 0) is 37.0 Å². The molecule has 5 rings (SSSR count). The smallest absolute Gasteiger partial charge is 0.238 e. The molecule has 140 valence electrons. The van der Waals surface area contributed by atoms with Gasteiger partial charge in [-0.3, -0.25) is 0 Å². The molecule has 3 N–H and O–H groups in total. The summed E-state index contributed by atoms with van der Waals surface area (Å²) in [5, 5.41) is 14.1. The van der Waals surface area contributed by atoms with Crippen molar-refractivity contribution in [2.24, 2.45) is 10.9 Å². The minimum atomic E-state index is -0.0390. The number of hydrogen-bond donors (Lipinski definition) is 3. The van der Waals surface area contributed by atoms with Crippen LogP contribution in [0.2, 0.25) is 5.02 Å². The van der Waals surface area contributed by atoms with Crippen molar-refractivity contribution >= 4 is 41.2 Å². The predicted molar refractivity (Wildman–Crippen MR) is 112 cm³/mol. The molecular formula is C21H18ClN5O. The highest BCUT2D eigenvalue weighted by molar-refractivity contribution is 6.33. The zero-order chi connectivity index (χ0) is 19.1. The van der Waals surface area contributed by atoms with E-state index in [1.807, 2.05) is 36.4 Å². The summed E-state index contributed by atoms with van der Waals surface area (Å²) >= 11 is 6.33. The minimum absolute atomic E-state index is 0.0390. The van der Waals surface area contributed by atoms with Crippen molar-refractivity contribution in [3.05, 3.63) is 52.8 Å². The first-order chi connectivity index (χ1) is 13.7. The van der Waals surface area contributed by atoms with Crippen LogP contribution >= 0.6 is 11.6 Å². The maximum Gasteiger partial charge on any atom is 0.238 e. The third kappa shape index (κ3) is 3.27. The molecule has 1 aliphatic carbocycles. The van der Waals surface area contributed by atoms with Gasteiger partial charge in [0, 0.05) is 46.2 Å². The molecule has 1 aliphatic heterocycles. The Morgan fingerprint density at radius 3 is 2.93 bits per heavy atom. The van der Waals surface area contributed by atoms with Crippen molar-refractivity contribution < 1.29 is 5.11 Å². The molecule has 0 bridgehead atoms. The number of nitrogens with one attached hydrogen (secondary N) is 2.